The third-order valence-electron chi connectivity index (χ3n) is 0.882. The molecule has 0 heterocycles. The van der Waals surface area contributed by atoms with E-state index < -0.39 is 5.03 Å². The summed E-state index contributed by atoms with van der Waals surface area (Å²) >= 11 is 0. The van der Waals surface area contributed by atoms with Crippen LogP contribution in [0.2, 0.25) is 0 Å². The lowest BCUT2D eigenvalue weighted by molar-refractivity contribution is -0.430. The van der Waals surface area contributed by atoms with E-state index in [2.05, 4.69) is 5.43 Å². The normalized spacial score (nSPS) is 12.8. The number of rotatable bonds is 3. The van der Waals surface area contributed by atoms with Crippen LogP contribution in [-0.4, -0.2) is 11.1 Å². The van der Waals surface area contributed by atoms with Crippen molar-refractivity contribution in [3.8, 4) is 0 Å². The number of nitro groups is 1. The zero-order valence-electron chi connectivity index (χ0n) is 5.00. The molecular formula is C4H9N2O2-. The highest BCUT2D eigenvalue weighted by molar-refractivity contribution is 4.71. The van der Waals surface area contributed by atoms with Gasteiger partial charge < -0.3 is 5.43 Å². The molecule has 0 bridgehead atoms. The maximum atomic E-state index is 9.61. The van der Waals surface area contributed by atoms with Crippen molar-refractivity contribution in [2.45, 2.75) is 26.3 Å². The Bertz CT molecular complexity index is 84.1. The van der Waals surface area contributed by atoms with Gasteiger partial charge in [-0.2, -0.15) is 0 Å². The number of nitrogens with zero attached hydrogens (tertiary/aromatic N) is 2. The highest BCUT2D eigenvalue weighted by Gasteiger charge is 1.87. The molecule has 0 radical (unpaired) electrons. The molecule has 0 aromatic heterocycles. The Morgan fingerprint density at radius 3 is 2.50 bits per heavy atom. The molecule has 48 valence electrons. The highest BCUT2D eigenvalue weighted by Crippen LogP contribution is 2.01. The Kier molecular flexibility index (Phi) is 2.91. The third-order valence-corrected chi connectivity index (χ3v) is 0.882. The van der Waals surface area contributed by atoms with Crippen LogP contribution in [0, 0.1) is 10.1 Å². The number of hydrogen-bond acceptors (Lipinski definition) is 2. The van der Waals surface area contributed by atoms with Gasteiger partial charge in [-0.25, -0.2) is 0 Å². The average Bonchev–Trinajstić information content (AvgIpc) is 1.65. The monoisotopic (exact) mass is 117 g/mol. The lowest BCUT2D eigenvalue weighted by atomic mass is 10.3. The average molecular weight is 117 g/mol. The minimum atomic E-state index is -0.645. The molecule has 0 N–H and O–H groups in total. The van der Waals surface area contributed by atoms with Crippen LogP contribution in [0.15, 0.2) is 0 Å². The maximum Gasteiger partial charge on any atom is -0.0124 e. The van der Waals surface area contributed by atoms with Crippen molar-refractivity contribution in [3.05, 3.63) is 15.5 Å². The summed E-state index contributed by atoms with van der Waals surface area (Å²) in [5, 5.41) is 8.96. The molecule has 0 rings (SSSR count). The Labute approximate surface area is 48.0 Å². The predicted octanol–water partition coefficient (Wildman–Crippen LogP) is 1.35. The van der Waals surface area contributed by atoms with Crippen molar-refractivity contribution < 1.29 is 5.03 Å². The number of hydrogen-bond donors (Lipinski definition) is 0. The zero-order chi connectivity index (χ0) is 6.57. The van der Waals surface area contributed by atoms with Gasteiger partial charge in [0.25, 0.3) is 0 Å². The summed E-state index contributed by atoms with van der Waals surface area (Å²) in [7, 11) is 0. The summed E-state index contributed by atoms with van der Waals surface area (Å²) in [5.41, 5.74) is 3.12. The second-order valence-corrected chi connectivity index (χ2v) is 1.61. The summed E-state index contributed by atoms with van der Waals surface area (Å²) < 4.78 is 0. The second-order valence-electron chi connectivity index (χ2n) is 1.61. The fourth-order valence-electron chi connectivity index (χ4n) is 0.243. The van der Waals surface area contributed by atoms with E-state index in [1.54, 1.807) is 6.92 Å². The lowest BCUT2D eigenvalue weighted by Gasteiger charge is -2.15. The fourth-order valence-corrected chi connectivity index (χ4v) is 0.243. The van der Waals surface area contributed by atoms with Gasteiger partial charge in [-0.1, -0.05) is 26.3 Å². The highest BCUT2D eigenvalue weighted by atomic mass is 16.7. The predicted molar refractivity (Wildman–Crippen MR) is 30.1 cm³/mol. The van der Waals surface area contributed by atoms with Gasteiger partial charge in [0.05, 0.1) is 0 Å². The molecule has 0 unspecified atom stereocenters. The van der Waals surface area contributed by atoms with Crippen LogP contribution in [0.5, 0.6) is 0 Å². The molecular weight excluding hydrogens is 108 g/mol. The van der Waals surface area contributed by atoms with Crippen LogP contribution < -0.4 is 0 Å². The van der Waals surface area contributed by atoms with Crippen LogP contribution >= 0.6 is 0 Å². The molecule has 0 amide bonds. The van der Waals surface area contributed by atoms with Gasteiger partial charge in [-0.3, -0.25) is 10.1 Å². The molecule has 0 fully saturated rings. The topological polar surface area (TPSA) is 57.2 Å². The first-order valence-corrected chi connectivity index (χ1v) is 2.52. The maximum absolute atomic E-state index is 9.61. The van der Waals surface area contributed by atoms with E-state index in [9.17, 15) is 10.1 Å². The standard InChI is InChI=1S/C4H9N2O2/c1-3-4(2)5-6(7)8/h4H,3H2,1-2H3/q-1/t4-/m1/s1. The van der Waals surface area contributed by atoms with Gasteiger partial charge in [0.15, 0.2) is 0 Å². The summed E-state index contributed by atoms with van der Waals surface area (Å²) in [5.74, 6) is 0. The van der Waals surface area contributed by atoms with Gasteiger partial charge in [0, 0.05) is 0 Å². The molecule has 4 nitrogen and oxygen atoms in total. The van der Waals surface area contributed by atoms with E-state index in [0.29, 0.717) is 0 Å². The summed E-state index contributed by atoms with van der Waals surface area (Å²) in [6.45, 7) is 3.57. The van der Waals surface area contributed by atoms with Crippen molar-refractivity contribution in [1.29, 1.82) is 0 Å². The van der Waals surface area contributed by atoms with Crippen molar-refractivity contribution in [2.24, 2.45) is 0 Å². The molecule has 0 aromatic rings. The van der Waals surface area contributed by atoms with Gasteiger partial charge in [0.1, 0.15) is 0 Å². The van der Waals surface area contributed by atoms with Crippen molar-refractivity contribution in [3.63, 3.8) is 0 Å². The molecule has 0 saturated heterocycles. The molecule has 0 aliphatic rings. The van der Waals surface area contributed by atoms with Gasteiger partial charge in [0.2, 0.25) is 0 Å². The Balaban J connectivity index is 3.24. The SMILES string of the molecule is CC[C@@H](C)[N-][N+](=O)[O-]. The summed E-state index contributed by atoms with van der Waals surface area (Å²) in [6.07, 6.45) is 0.723. The van der Waals surface area contributed by atoms with E-state index in [1.807, 2.05) is 6.92 Å². The van der Waals surface area contributed by atoms with Crippen LogP contribution in [0.1, 0.15) is 20.3 Å². The molecule has 0 aliphatic carbocycles. The van der Waals surface area contributed by atoms with E-state index >= 15 is 0 Å². The molecule has 8 heavy (non-hydrogen) atoms. The van der Waals surface area contributed by atoms with Crippen LogP contribution in [0.25, 0.3) is 5.43 Å². The van der Waals surface area contributed by atoms with E-state index in [0.717, 1.165) is 6.42 Å². The molecule has 1 atom stereocenters. The minimum Gasteiger partial charge on any atom is -0.376 e. The summed E-state index contributed by atoms with van der Waals surface area (Å²) in [4.78, 5) is 9.61. The second kappa shape index (κ2) is 3.23. The Morgan fingerprint density at radius 2 is 2.38 bits per heavy atom. The molecule has 0 spiro atoms. The van der Waals surface area contributed by atoms with Crippen molar-refractivity contribution in [2.75, 3.05) is 0 Å². The van der Waals surface area contributed by atoms with Crippen LogP contribution in [-0.2, 0) is 0 Å². The lowest BCUT2D eigenvalue weighted by Crippen LogP contribution is -2.03. The van der Waals surface area contributed by atoms with Crippen LogP contribution in [0.3, 0.4) is 0 Å². The molecule has 0 aromatic carbocycles. The van der Waals surface area contributed by atoms with Gasteiger partial charge in [-0.05, 0) is 5.03 Å². The zero-order valence-corrected chi connectivity index (χ0v) is 5.00. The van der Waals surface area contributed by atoms with E-state index in [1.165, 1.54) is 0 Å². The summed E-state index contributed by atoms with van der Waals surface area (Å²) in [6, 6.07) is -0.148. The molecule has 4 heteroatoms. The Morgan fingerprint density at radius 1 is 1.88 bits per heavy atom. The fraction of sp³-hybridized carbons (Fsp3) is 1.00. The van der Waals surface area contributed by atoms with E-state index in [4.69, 9.17) is 0 Å². The first-order valence-electron chi connectivity index (χ1n) is 2.52. The van der Waals surface area contributed by atoms with Crippen LogP contribution in [0.4, 0.5) is 0 Å². The molecule has 0 saturated carbocycles. The van der Waals surface area contributed by atoms with E-state index in [-0.39, 0.29) is 6.04 Å². The van der Waals surface area contributed by atoms with Crippen molar-refractivity contribution in [1.82, 2.24) is 0 Å². The van der Waals surface area contributed by atoms with Gasteiger partial charge >= 0.3 is 0 Å². The van der Waals surface area contributed by atoms with Crippen molar-refractivity contribution >= 4 is 0 Å². The Hall–Kier alpha value is -0.800. The first kappa shape index (κ1) is 7.20. The largest absolute Gasteiger partial charge is 0.376 e. The van der Waals surface area contributed by atoms with Gasteiger partial charge in [-0.15, -0.1) is 0 Å². The smallest absolute Gasteiger partial charge is 0.0124 e. The molecule has 0 aliphatic heterocycles. The minimum absolute atomic E-state index is 0.148. The third kappa shape index (κ3) is 3.39. The first-order chi connectivity index (χ1) is 3.66. The quantitative estimate of drug-likeness (QED) is 0.413.